The van der Waals surface area contributed by atoms with Gasteiger partial charge in [0.2, 0.25) is 0 Å². The summed E-state index contributed by atoms with van der Waals surface area (Å²) < 4.78 is 0. The Hall–Kier alpha value is -1.87. The normalized spacial score (nSPS) is 20.7. The van der Waals surface area contributed by atoms with Gasteiger partial charge in [0.25, 0.3) is 0 Å². The van der Waals surface area contributed by atoms with Gasteiger partial charge < -0.3 is 10.0 Å². The van der Waals surface area contributed by atoms with Crippen molar-refractivity contribution in [1.82, 2.24) is 4.98 Å². The first-order valence-electron chi connectivity index (χ1n) is 7.46. The maximum atomic E-state index is 9.29. The first kappa shape index (κ1) is 14.1. The van der Waals surface area contributed by atoms with Gasteiger partial charge in [-0.1, -0.05) is 44.2 Å². The average molecular weight is 282 g/mol. The second-order valence-corrected chi connectivity index (χ2v) is 6.51. The van der Waals surface area contributed by atoms with Crippen molar-refractivity contribution in [3.63, 3.8) is 0 Å². The van der Waals surface area contributed by atoms with Gasteiger partial charge in [-0.15, -0.1) is 0 Å². The van der Waals surface area contributed by atoms with Crippen molar-refractivity contribution in [2.45, 2.75) is 26.4 Å². The Balaban J connectivity index is 1.87. The quantitative estimate of drug-likeness (QED) is 0.939. The summed E-state index contributed by atoms with van der Waals surface area (Å²) in [6.07, 6.45) is 1.78. The van der Waals surface area contributed by atoms with Crippen molar-refractivity contribution in [3.05, 3.63) is 59.8 Å². The standard InChI is InChI=1S/C18H22N2O/c1-18(2)13-20(17-10-14(12-21)8-9-19-17)11-16(18)15-6-4-3-5-7-15/h3-10,16,21H,11-13H2,1-2H3. The van der Waals surface area contributed by atoms with E-state index in [0.29, 0.717) is 5.92 Å². The van der Waals surface area contributed by atoms with Crippen LogP contribution in [0.2, 0.25) is 0 Å². The molecular formula is C18H22N2O. The molecule has 1 aromatic carbocycles. The minimum atomic E-state index is 0.0644. The lowest BCUT2D eigenvalue weighted by atomic mass is 9.78. The summed E-state index contributed by atoms with van der Waals surface area (Å²) in [5, 5.41) is 9.29. The van der Waals surface area contributed by atoms with E-state index in [1.807, 2.05) is 12.1 Å². The maximum Gasteiger partial charge on any atom is 0.128 e. The van der Waals surface area contributed by atoms with Gasteiger partial charge in [0.15, 0.2) is 0 Å². The van der Waals surface area contributed by atoms with Crippen LogP contribution in [0.5, 0.6) is 0 Å². The molecular weight excluding hydrogens is 260 g/mol. The maximum absolute atomic E-state index is 9.29. The molecule has 1 saturated heterocycles. The summed E-state index contributed by atoms with van der Waals surface area (Å²) in [5.41, 5.74) is 2.52. The van der Waals surface area contributed by atoms with Crippen molar-refractivity contribution in [1.29, 1.82) is 0 Å². The third-order valence-electron chi connectivity index (χ3n) is 4.46. The SMILES string of the molecule is CC1(C)CN(c2cc(CO)ccn2)CC1c1ccccc1. The van der Waals surface area contributed by atoms with Crippen molar-refractivity contribution >= 4 is 5.82 Å². The number of benzene rings is 1. The number of nitrogens with zero attached hydrogens (tertiary/aromatic N) is 2. The highest BCUT2D eigenvalue weighted by Gasteiger charge is 2.40. The van der Waals surface area contributed by atoms with Crippen LogP contribution in [0.4, 0.5) is 5.82 Å². The number of aliphatic hydroxyl groups is 1. The van der Waals surface area contributed by atoms with Gasteiger partial charge >= 0.3 is 0 Å². The Morgan fingerprint density at radius 2 is 2.00 bits per heavy atom. The Morgan fingerprint density at radius 1 is 1.24 bits per heavy atom. The molecule has 1 N–H and O–H groups in total. The van der Waals surface area contributed by atoms with E-state index in [2.05, 4.69) is 54.1 Å². The molecule has 0 amide bonds. The van der Waals surface area contributed by atoms with Gasteiger partial charge in [-0.05, 0) is 28.7 Å². The van der Waals surface area contributed by atoms with Gasteiger partial charge in [-0.25, -0.2) is 4.98 Å². The third kappa shape index (κ3) is 2.79. The summed E-state index contributed by atoms with van der Waals surface area (Å²) in [6, 6.07) is 14.6. The second kappa shape index (κ2) is 5.49. The molecule has 1 fully saturated rings. The largest absolute Gasteiger partial charge is 0.392 e. The van der Waals surface area contributed by atoms with Crippen LogP contribution in [0.1, 0.15) is 30.9 Å². The van der Waals surface area contributed by atoms with Crippen molar-refractivity contribution in [2.75, 3.05) is 18.0 Å². The predicted molar refractivity (Wildman–Crippen MR) is 85.3 cm³/mol. The number of pyridine rings is 1. The van der Waals surface area contributed by atoms with E-state index in [4.69, 9.17) is 0 Å². The summed E-state index contributed by atoms with van der Waals surface area (Å²) in [5.74, 6) is 1.46. The minimum absolute atomic E-state index is 0.0644. The molecule has 3 nitrogen and oxygen atoms in total. The topological polar surface area (TPSA) is 36.4 Å². The molecule has 1 aliphatic heterocycles. The van der Waals surface area contributed by atoms with E-state index in [1.54, 1.807) is 6.20 Å². The number of aliphatic hydroxyl groups excluding tert-OH is 1. The lowest BCUT2D eigenvalue weighted by molar-refractivity contribution is 0.281. The molecule has 0 saturated carbocycles. The Labute approximate surface area is 126 Å². The zero-order chi connectivity index (χ0) is 14.9. The highest BCUT2D eigenvalue weighted by molar-refractivity contribution is 5.45. The van der Waals surface area contributed by atoms with Crippen LogP contribution in [0, 0.1) is 5.41 Å². The number of hydrogen-bond donors (Lipinski definition) is 1. The van der Waals surface area contributed by atoms with Crippen LogP contribution in [0.15, 0.2) is 48.7 Å². The molecule has 110 valence electrons. The van der Waals surface area contributed by atoms with Crippen molar-refractivity contribution in [3.8, 4) is 0 Å². The number of anilines is 1. The Kier molecular flexibility index (Phi) is 3.68. The van der Waals surface area contributed by atoms with E-state index in [-0.39, 0.29) is 12.0 Å². The number of aromatic nitrogens is 1. The van der Waals surface area contributed by atoms with Crippen molar-refractivity contribution < 1.29 is 5.11 Å². The molecule has 1 aromatic heterocycles. The van der Waals surface area contributed by atoms with E-state index >= 15 is 0 Å². The molecule has 0 bridgehead atoms. The highest BCUT2D eigenvalue weighted by Crippen LogP contribution is 2.43. The molecule has 2 heterocycles. The minimum Gasteiger partial charge on any atom is -0.392 e. The van der Waals surface area contributed by atoms with Gasteiger partial charge in [0.1, 0.15) is 5.82 Å². The fourth-order valence-electron chi connectivity index (χ4n) is 3.28. The zero-order valence-corrected chi connectivity index (χ0v) is 12.7. The molecule has 1 aliphatic rings. The summed E-state index contributed by atoms with van der Waals surface area (Å²) >= 11 is 0. The van der Waals surface area contributed by atoms with Gasteiger partial charge in [0, 0.05) is 25.2 Å². The zero-order valence-electron chi connectivity index (χ0n) is 12.7. The fraction of sp³-hybridized carbons (Fsp3) is 0.389. The second-order valence-electron chi connectivity index (χ2n) is 6.51. The molecule has 3 heteroatoms. The monoisotopic (exact) mass is 282 g/mol. The number of hydrogen-bond acceptors (Lipinski definition) is 3. The van der Waals surface area contributed by atoms with E-state index in [1.165, 1.54) is 5.56 Å². The van der Waals surface area contributed by atoms with Crippen molar-refractivity contribution in [2.24, 2.45) is 5.41 Å². The fourth-order valence-corrected chi connectivity index (χ4v) is 3.28. The van der Waals surface area contributed by atoms with E-state index in [0.717, 1.165) is 24.5 Å². The van der Waals surface area contributed by atoms with Crippen LogP contribution < -0.4 is 4.90 Å². The number of rotatable bonds is 3. The highest BCUT2D eigenvalue weighted by atomic mass is 16.3. The third-order valence-corrected chi connectivity index (χ3v) is 4.46. The first-order chi connectivity index (χ1) is 10.1. The molecule has 0 aliphatic carbocycles. The molecule has 21 heavy (non-hydrogen) atoms. The summed E-state index contributed by atoms with van der Waals surface area (Å²) in [7, 11) is 0. The molecule has 2 aromatic rings. The lowest BCUT2D eigenvalue weighted by Crippen LogP contribution is -2.24. The molecule has 3 rings (SSSR count). The summed E-state index contributed by atoms with van der Waals surface area (Å²) in [6.45, 7) is 6.66. The van der Waals surface area contributed by atoms with Gasteiger partial charge in [0.05, 0.1) is 6.61 Å². The van der Waals surface area contributed by atoms with Crippen LogP contribution >= 0.6 is 0 Å². The lowest BCUT2D eigenvalue weighted by Gasteiger charge is -2.25. The van der Waals surface area contributed by atoms with Crippen LogP contribution in [0.25, 0.3) is 0 Å². The predicted octanol–water partition coefficient (Wildman–Crippen LogP) is 3.20. The van der Waals surface area contributed by atoms with Gasteiger partial charge in [-0.3, -0.25) is 0 Å². The molecule has 0 spiro atoms. The van der Waals surface area contributed by atoms with Crippen LogP contribution in [-0.2, 0) is 6.61 Å². The smallest absolute Gasteiger partial charge is 0.128 e. The summed E-state index contributed by atoms with van der Waals surface area (Å²) in [4.78, 5) is 6.81. The van der Waals surface area contributed by atoms with Gasteiger partial charge in [-0.2, -0.15) is 0 Å². The van der Waals surface area contributed by atoms with Crippen LogP contribution in [-0.4, -0.2) is 23.2 Å². The molecule has 0 radical (unpaired) electrons. The molecule has 1 unspecified atom stereocenters. The van der Waals surface area contributed by atoms with Crippen LogP contribution in [0.3, 0.4) is 0 Å². The van der Waals surface area contributed by atoms with E-state index in [9.17, 15) is 5.11 Å². The van der Waals surface area contributed by atoms with E-state index < -0.39 is 0 Å². The first-order valence-corrected chi connectivity index (χ1v) is 7.46. The average Bonchev–Trinajstić information content (AvgIpc) is 2.84. The Morgan fingerprint density at radius 3 is 2.71 bits per heavy atom. The Bertz CT molecular complexity index is 610. The molecule has 1 atom stereocenters.